The fourth-order valence-electron chi connectivity index (χ4n) is 4.39. The van der Waals surface area contributed by atoms with E-state index in [-0.39, 0.29) is 5.91 Å². The van der Waals surface area contributed by atoms with Crippen LogP contribution in [0.4, 0.5) is 5.82 Å². The van der Waals surface area contributed by atoms with Gasteiger partial charge in [0.1, 0.15) is 5.82 Å². The van der Waals surface area contributed by atoms with Gasteiger partial charge in [-0.2, -0.15) is 4.37 Å². The number of fused-ring (bicyclic) bond motifs is 1. The van der Waals surface area contributed by atoms with Crippen LogP contribution in [0, 0.1) is 11.8 Å². The number of carbonyl (C=O) groups excluding carboxylic acids is 1. The fourth-order valence-corrected chi connectivity index (χ4v) is 5.18. The molecule has 1 saturated carbocycles. The largest absolute Gasteiger partial charge is 0.353 e. The van der Waals surface area contributed by atoms with Crippen LogP contribution in [0.15, 0.2) is 60.7 Å². The van der Waals surface area contributed by atoms with Crippen molar-refractivity contribution in [2.75, 3.05) is 44.2 Å². The normalized spacial score (nSPS) is 21.6. The first-order valence-corrected chi connectivity index (χ1v) is 11.9. The maximum Gasteiger partial charge on any atom is 0.244 e. The molecule has 1 aliphatic carbocycles. The van der Waals surface area contributed by atoms with Crippen LogP contribution < -0.4 is 10.2 Å². The van der Waals surface area contributed by atoms with Crippen molar-refractivity contribution < 1.29 is 4.79 Å². The number of amides is 1. The summed E-state index contributed by atoms with van der Waals surface area (Å²) in [6, 6.07) is 18.4. The molecule has 2 atom stereocenters. The van der Waals surface area contributed by atoms with Crippen molar-refractivity contribution in [2.45, 2.75) is 6.42 Å². The van der Waals surface area contributed by atoms with E-state index in [2.05, 4.69) is 39.4 Å². The zero-order chi connectivity index (χ0) is 21.0. The van der Waals surface area contributed by atoms with Crippen molar-refractivity contribution in [3.8, 4) is 0 Å². The number of piperazine rings is 1. The molecule has 0 radical (unpaired) electrons. The quantitative estimate of drug-likeness (QED) is 0.576. The minimum atomic E-state index is -0.00129. The topological polar surface area (TPSA) is 48.5 Å². The minimum absolute atomic E-state index is 0.00129. The van der Waals surface area contributed by atoms with Crippen molar-refractivity contribution in [1.29, 1.82) is 0 Å². The van der Waals surface area contributed by atoms with Gasteiger partial charge < -0.3 is 10.2 Å². The highest BCUT2D eigenvalue weighted by molar-refractivity contribution is 7.13. The molecule has 1 aromatic heterocycles. The number of hydrogen-bond acceptors (Lipinski definition) is 5. The summed E-state index contributed by atoms with van der Waals surface area (Å²) in [4.78, 5) is 17.1. The Morgan fingerprint density at radius 2 is 1.81 bits per heavy atom. The van der Waals surface area contributed by atoms with E-state index in [0.717, 1.165) is 50.6 Å². The molecule has 0 spiro atoms. The Morgan fingerprint density at radius 1 is 1.03 bits per heavy atom. The Labute approximate surface area is 187 Å². The van der Waals surface area contributed by atoms with Crippen LogP contribution in [-0.4, -0.2) is 54.4 Å². The summed E-state index contributed by atoms with van der Waals surface area (Å²) in [6.45, 7) is 6.17. The number of hydrogen-bond donors (Lipinski definition) is 1. The molecule has 3 aromatic rings. The highest BCUT2D eigenvalue weighted by atomic mass is 32.1. The Bertz CT molecular complexity index is 1060. The lowest BCUT2D eigenvalue weighted by atomic mass is 10.2. The van der Waals surface area contributed by atoms with Crippen LogP contribution >= 0.6 is 11.5 Å². The summed E-state index contributed by atoms with van der Waals surface area (Å²) >= 11 is 1.59. The lowest BCUT2D eigenvalue weighted by Crippen LogP contribution is -2.47. The van der Waals surface area contributed by atoms with E-state index in [1.54, 1.807) is 17.6 Å². The van der Waals surface area contributed by atoms with Crippen molar-refractivity contribution >= 4 is 39.4 Å². The summed E-state index contributed by atoms with van der Waals surface area (Å²) < 4.78 is 5.97. The van der Waals surface area contributed by atoms with Gasteiger partial charge in [0.2, 0.25) is 5.91 Å². The molecular weight excluding hydrogens is 404 g/mol. The fraction of sp³-hybridized carbons (Fsp3) is 0.360. The van der Waals surface area contributed by atoms with E-state index in [9.17, 15) is 4.79 Å². The van der Waals surface area contributed by atoms with Gasteiger partial charge >= 0.3 is 0 Å². The van der Waals surface area contributed by atoms with Gasteiger partial charge in [-0.25, -0.2) is 0 Å². The van der Waals surface area contributed by atoms with Crippen LogP contribution in [0.3, 0.4) is 0 Å². The molecule has 1 aliphatic heterocycles. The molecule has 0 bridgehead atoms. The zero-order valence-electron chi connectivity index (χ0n) is 17.6. The van der Waals surface area contributed by atoms with Gasteiger partial charge in [-0.1, -0.05) is 42.5 Å². The maximum absolute atomic E-state index is 12.1. The van der Waals surface area contributed by atoms with Crippen LogP contribution in [-0.2, 0) is 4.79 Å². The van der Waals surface area contributed by atoms with Gasteiger partial charge in [-0.15, -0.1) is 0 Å². The molecule has 31 heavy (non-hydrogen) atoms. The van der Waals surface area contributed by atoms with E-state index in [1.165, 1.54) is 16.5 Å². The van der Waals surface area contributed by atoms with E-state index < -0.39 is 0 Å². The molecule has 160 valence electrons. The molecule has 2 fully saturated rings. The van der Waals surface area contributed by atoms with Crippen LogP contribution in [0.5, 0.6) is 0 Å². The molecule has 1 N–H and O–H groups in total. The number of benzene rings is 2. The maximum atomic E-state index is 12.1. The van der Waals surface area contributed by atoms with E-state index >= 15 is 0 Å². The molecule has 1 amide bonds. The lowest BCUT2D eigenvalue weighted by molar-refractivity contribution is -0.116. The van der Waals surface area contributed by atoms with E-state index in [0.29, 0.717) is 11.8 Å². The molecular formula is C25H28N4OS. The first-order chi connectivity index (χ1) is 15.3. The van der Waals surface area contributed by atoms with Crippen molar-refractivity contribution in [2.24, 2.45) is 11.8 Å². The van der Waals surface area contributed by atoms with Gasteiger partial charge in [-0.05, 0) is 53.6 Å². The predicted octanol–water partition coefficient (Wildman–Crippen LogP) is 3.88. The minimum Gasteiger partial charge on any atom is -0.353 e. The third-order valence-electron chi connectivity index (χ3n) is 6.36. The second kappa shape index (κ2) is 9.20. The Hall–Kier alpha value is -2.70. The third-order valence-corrected chi connectivity index (χ3v) is 7.17. The summed E-state index contributed by atoms with van der Waals surface area (Å²) in [5.74, 6) is 2.48. The standard InChI is InChI=1S/C25H28N4OS/c30-24(11-10-19-6-2-1-3-7-19)26-17-20-16-21(20)18-28-12-14-29(15-13-28)25-22-8-4-5-9-23(22)31-27-25/h1-11,20-21H,12-18H2,(H,26,30)/t20-,21-/m1/s1. The number of carbonyl (C=O) groups is 1. The molecule has 0 unspecified atom stereocenters. The molecule has 2 aromatic carbocycles. The average molecular weight is 433 g/mol. The number of anilines is 1. The number of rotatable bonds is 7. The number of aromatic nitrogens is 1. The second-order valence-electron chi connectivity index (χ2n) is 8.54. The van der Waals surface area contributed by atoms with Crippen molar-refractivity contribution in [1.82, 2.24) is 14.6 Å². The predicted molar refractivity (Wildman–Crippen MR) is 128 cm³/mol. The number of nitrogens with one attached hydrogen (secondary N) is 1. The Morgan fingerprint density at radius 3 is 2.65 bits per heavy atom. The van der Waals surface area contributed by atoms with Crippen molar-refractivity contribution in [3.63, 3.8) is 0 Å². The first-order valence-electron chi connectivity index (χ1n) is 11.1. The van der Waals surface area contributed by atoms with E-state index in [4.69, 9.17) is 4.37 Å². The van der Waals surface area contributed by atoms with Crippen LogP contribution in [0.25, 0.3) is 16.2 Å². The van der Waals surface area contributed by atoms with Crippen LogP contribution in [0.1, 0.15) is 12.0 Å². The third kappa shape index (κ3) is 4.97. The summed E-state index contributed by atoms with van der Waals surface area (Å²) in [5.41, 5.74) is 1.05. The highest BCUT2D eigenvalue weighted by Gasteiger charge is 2.38. The summed E-state index contributed by atoms with van der Waals surface area (Å²) in [5, 5.41) is 4.34. The lowest BCUT2D eigenvalue weighted by Gasteiger charge is -2.35. The van der Waals surface area contributed by atoms with Gasteiger partial charge in [0.25, 0.3) is 0 Å². The zero-order valence-corrected chi connectivity index (χ0v) is 18.4. The van der Waals surface area contributed by atoms with Crippen LogP contribution in [0.2, 0.25) is 0 Å². The SMILES string of the molecule is O=C(C=Cc1ccccc1)NC[C@H]1C[C@@H]1CN1CCN(c2nsc3ccccc23)CC1. The molecule has 5 nitrogen and oxygen atoms in total. The second-order valence-corrected chi connectivity index (χ2v) is 9.34. The van der Waals surface area contributed by atoms with Gasteiger partial charge in [0.15, 0.2) is 0 Å². The first kappa shape index (κ1) is 20.2. The van der Waals surface area contributed by atoms with Gasteiger partial charge in [-0.3, -0.25) is 9.69 Å². The Balaban J connectivity index is 1.03. The van der Waals surface area contributed by atoms with Gasteiger partial charge in [0, 0.05) is 50.7 Å². The van der Waals surface area contributed by atoms with Crippen molar-refractivity contribution in [3.05, 3.63) is 66.2 Å². The monoisotopic (exact) mass is 432 g/mol. The van der Waals surface area contributed by atoms with E-state index in [1.807, 2.05) is 36.4 Å². The summed E-state index contributed by atoms with van der Waals surface area (Å²) in [7, 11) is 0. The molecule has 6 heteroatoms. The smallest absolute Gasteiger partial charge is 0.244 e. The molecule has 5 rings (SSSR count). The summed E-state index contributed by atoms with van der Waals surface area (Å²) in [6.07, 6.45) is 4.72. The highest BCUT2D eigenvalue weighted by Crippen LogP contribution is 2.39. The number of nitrogens with zero attached hydrogens (tertiary/aromatic N) is 3. The molecule has 2 heterocycles. The average Bonchev–Trinajstić information content (AvgIpc) is 3.41. The molecule has 2 aliphatic rings. The van der Waals surface area contributed by atoms with Gasteiger partial charge in [0.05, 0.1) is 4.70 Å². The molecule has 1 saturated heterocycles. The Kier molecular flexibility index (Phi) is 6.00.